The second-order valence-electron chi connectivity index (χ2n) is 5.43. The molecule has 0 nitrogen and oxygen atoms in total. The minimum atomic E-state index is 0.227. The molecule has 87 valence electrons. The van der Waals surface area contributed by atoms with Crippen molar-refractivity contribution in [3.05, 3.63) is 77.7 Å². The molecule has 2 aromatic carbocycles. The summed E-state index contributed by atoms with van der Waals surface area (Å²) in [7, 11) is 0. The van der Waals surface area contributed by atoms with Crippen LogP contribution in [0.2, 0.25) is 0 Å². The highest BCUT2D eigenvalue weighted by Gasteiger charge is 2.12. The van der Waals surface area contributed by atoms with Crippen LogP contribution in [0.25, 0.3) is 0 Å². The fourth-order valence-corrected chi connectivity index (χ4v) is 1.82. The Morgan fingerprint density at radius 2 is 1.24 bits per heavy atom. The minimum absolute atomic E-state index is 0.227. The Morgan fingerprint density at radius 3 is 1.76 bits per heavy atom. The van der Waals surface area contributed by atoms with Crippen LogP contribution < -0.4 is 0 Å². The van der Waals surface area contributed by atoms with Crippen LogP contribution in [-0.4, -0.2) is 0 Å². The van der Waals surface area contributed by atoms with E-state index in [1.807, 2.05) is 6.07 Å². The van der Waals surface area contributed by atoms with Gasteiger partial charge in [-0.2, -0.15) is 0 Å². The summed E-state index contributed by atoms with van der Waals surface area (Å²) >= 11 is 0. The first-order valence-electron chi connectivity index (χ1n) is 6.06. The molecule has 0 heteroatoms. The summed E-state index contributed by atoms with van der Waals surface area (Å²) < 4.78 is 0. The maximum absolute atomic E-state index is 2.24. The zero-order valence-corrected chi connectivity index (χ0v) is 10.8. The first kappa shape index (κ1) is 11.9. The van der Waals surface area contributed by atoms with Crippen molar-refractivity contribution >= 4 is 0 Å². The maximum Gasteiger partial charge on any atom is 0.0199 e. The van der Waals surface area contributed by atoms with Crippen molar-refractivity contribution in [3.8, 4) is 0 Å². The molecule has 0 spiro atoms. The van der Waals surface area contributed by atoms with E-state index in [9.17, 15) is 0 Å². The predicted octanol–water partition coefficient (Wildman–Crippen LogP) is 4.58. The lowest BCUT2D eigenvalue weighted by Crippen LogP contribution is -2.10. The average Bonchev–Trinajstić information content (AvgIpc) is 2.30. The Hall–Kier alpha value is -1.56. The molecule has 17 heavy (non-hydrogen) atoms. The SMILES string of the molecule is CC(C)(C)c1ccc([CH]c2ccccc2)cc1. The van der Waals surface area contributed by atoms with E-state index in [4.69, 9.17) is 0 Å². The van der Waals surface area contributed by atoms with Crippen molar-refractivity contribution in [1.82, 2.24) is 0 Å². The van der Waals surface area contributed by atoms with E-state index in [-0.39, 0.29) is 5.41 Å². The molecule has 0 fully saturated rings. The maximum atomic E-state index is 2.24. The van der Waals surface area contributed by atoms with E-state index in [1.54, 1.807) is 0 Å². The van der Waals surface area contributed by atoms with Gasteiger partial charge in [-0.1, -0.05) is 75.4 Å². The summed E-state index contributed by atoms with van der Waals surface area (Å²) in [5.41, 5.74) is 4.11. The Kier molecular flexibility index (Phi) is 3.33. The third-order valence-corrected chi connectivity index (χ3v) is 2.91. The Labute approximate surface area is 104 Å². The van der Waals surface area contributed by atoms with Crippen LogP contribution in [0, 0.1) is 6.42 Å². The molecule has 0 aliphatic carbocycles. The summed E-state index contributed by atoms with van der Waals surface area (Å²) in [5.74, 6) is 0. The van der Waals surface area contributed by atoms with Crippen LogP contribution in [0.1, 0.15) is 37.5 Å². The largest absolute Gasteiger partial charge is 0.0622 e. The average molecular weight is 223 g/mol. The molecule has 2 rings (SSSR count). The van der Waals surface area contributed by atoms with Gasteiger partial charge in [0.1, 0.15) is 0 Å². The van der Waals surface area contributed by atoms with Crippen molar-refractivity contribution in [3.63, 3.8) is 0 Å². The zero-order valence-electron chi connectivity index (χ0n) is 10.8. The Morgan fingerprint density at radius 1 is 0.706 bits per heavy atom. The molecule has 0 saturated carbocycles. The second-order valence-corrected chi connectivity index (χ2v) is 5.43. The Balaban J connectivity index is 2.14. The van der Waals surface area contributed by atoms with Crippen LogP contribution in [-0.2, 0) is 5.41 Å². The highest BCUT2D eigenvalue weighted by Crippen LogP contribution is 2.23. The molecule has 0 heterocycles. The molecular formula is C17H19. The van der Waals surface area contributed by atoms with E-state index in [2.05, 4.69) is 75.7 Å². The molecular weight excluding hydrogens is 204 g/mol. The molecule has 0 saturated heterocycles. The van der Waals surface area contributed by atoms with Crippen LogP contribution in [0.5, 0.6) is 0 Å². The summed E-state index contributed by atoms with van der Waals surface area (Å²) in [6.07, 6.45) is 2.20. The van der Waals surface area contributed by atoms with Gasteiger partial charge in [0, 0.05) is 6.42 Å². The van der Waals surface area contributed by atoms with E-state index >= 15 is 0 Å². The van der Waals surface area contributed by atoms with Crippen LogP contribution in [0.3, 0.4) is 0 Å². The van der Waals surface area contributed by atoms with E-state index in [0.29, 0.717) is 0 Å². The summed E-state index contributed by atoms with van der Waals surface area (Å²) in [6, 6.07) is 19.2. The number of hydrogen-bond acceptors (Lipinski definition) is 0. The molecule has 1 radical (unpaired) electrons. The van der Waals surface area contributed by atoms with Crippen LogP contribution in [0.15, 0.2) is 54.6 Å². The molecule has 0 aromatic heterocycles. The van der Waals surface area contributed by atoms with Gasteiger partial charge in [0.05, 0.1) is 0 Å². The van der Waals surface area contributed by atoms with Gasteiger partial charge >= 0.3 is 0 Å². The topological polar surface area (TPSA) is 0 Å². The van der Waals surface area contributed by atoms with Crippen molar-refractivity contribution in [2.24, 2.45) is 0 Å². The molecule has 0 N–H and O–H groups in total. The lowest BCUT2D eigenvalue weighted by molar-refractivity contribution is 0.590. The van der Waals surface area contributed by atoms with Crippen LogP contribution >= 0.6 is 0 Å². The van der Waals surface area contributed by atoms with E-state index in [1.165, 1.54) is 16.7 Å². The van der Waals surface area contributed by atoms with Crippen molar-refractivity contribution in [2.45, 2.75) is 26.2 Å². The zero-order chi connectivity index (χ0) is 12.3. The third-order valence-electron chi connectivity index (χ3n) is 2.91. The lowest BCUT2D eigenvalue weighted by Gasteiger charge is -2.19. The molecule has 0 aliphatic rings. The standard InChI is InChI=1S/C17H19/c1-17(2,3)16-11-9-15(10-12-16)13-14-7-5-4-6-8-14/h4-13H,1-3H3. The highest BCUT2D eigenvalue weighted by atomic mass is 14.2. The van der Waals surface area contributed by atoms with Crippen molar-refractivity contribution in [2.75, 3.05) is 0 Å². The molecule has 0 atom stereocenters. The molecule has 0 amide bonds. The quantitative estimate of drug-likeness (QED) is 0.698. The molecule has 0 aliphatic heterocycles. The van der Waals surface area contributed by atoms with Gasteiger partial charge in [0.15, 0.2) is 0 Å². The predicted molar refractivity (Wildman–Crippen MR) is 74.1 cm³/mol. The van der Waals surface area contributed by atoms with Gasteiger partial charge in [0.25, 0.3) is 0 Å². The summed E-state index contributed by atoms with van der Waals surface area (Å²) in [6.45, 7) is 6.72. The smallest absolute Gasteiger partial charge is 0.0199 e. The van der Waals surface area contributed by atoms with E-state index < -0.39 is 0 Å². The fraction of sp³-hybridized carbons (Fsp3) is 0.235. The third kappa shape index (κ3) is 3.20. The molecule has 0 unspecified atom stereocenters. The van der Waals surface area contributed by atoms with Crippen molar-refractivity contribution in [1.29, 1.82) is 0 Å². The molecule has 0 bridgehead atoms. The summed E-state index contributed by atoms with van der Waals surface area (Å²) in [4.78, 5) is 0. The fourth-order valence-electron chi connectivity index (χ4n) is 1.82. The number of rotatable bonds is 2. The first-order valence-corrected chi connectivity index (χ1v) is 6.06. The van der Waals surface area contributed by atoms with E-state index in [0.717, 1.165) is 0 Å². The van der Waals surface area contributed by atoms with Gasteiger partial charge in [-0.3, -0.25) is 0 Å². The Bertz CT molecular complexity index is 458. The van der Waals surface area contributed by atoms with Gasteiger partial charge in [-0.05, 0) is 22.1 Å². The minimum Gasteiger partial charge on any atom is -0.0622 e. The lowest BCUT2D eigenvalue weighted by atomic mass is 9.86. The number of benzene rings is 2. The monoisotopic (exact) mass is 223 g/mol. The highest BCUT2D eigenvalue weighted by molar-refractivity contribution is 5.39. The van der Waals surface area contributed by atoms with Gasteiger partial charge in [-0.25, -0.2) is 0 Å². The molecule has 2 aromatic rings. The van der Waals surface area contributed by atoms with Gasteiger partial charge in [0.2, 0.25) is 0 Å². The number of hydrogen-bond donors (Lipinski definition) is 0. The van der Waals surface area contributed by atoms with Gasteiger partial charge < -0.3 is 0 Å². The van der Waals surface area contributed by atoms with Crippen molar-refractivity contribution < 1.29 is 0 Å². The normalized spacial score (nSPS) is 11.5. The van der Waals surface area contributed by atoms with Gasteiger partial charge in [-0.15, -0.1) is 0 Å². The van der Waals surface area contributed by atoms with Crippen LogP contribution in [0.4, 0.5) is 0 Å². The summed E-state index contributed by atoms with van der Waals surface area (Å²) in [5, 5.41) is 0. The first-order chi connectivity index (χ1) is 8.05. The second kappa shape index (κ2) is 4.75.